The molecule has 0 aliphatic heterocycles. The van der Waals surface area contributed by atoms with Crippen molar-refractivity contribution in [3.63, 3.8) is 0 Å². The fraction of sp³-hybridized carbons (Fsp3) is 0.952. The lowest BCUT2D eigenvalue weighted by Crippen LogP contribution is -2.55. The quantitative estimate of drug-likeness (QED) is 0.204. The minimum absolute atomic E-state index is 0.119. The van der Waals surface area contributed by atoms with E-state index >= 15 is 0 Å². The van der Waals surface area contributed by atoms with E-state index in [2.05, 4.69) is 13.8 Å². The lowest BCUT2D eigenvalue weighted by molar-refractivity contribution is -0.931. The number of hydrogen-bond donors (Lipinski definition) is 4. The molecule has 1 atom stereocenters. The summed E-state index contributed by atoms with van der Waals surface area (Å²) in [6.45, 7) is 7.51. The second-order valence-corrected chi connectivity index (χ2v) is 7.68. The van der Waals surface area contributed by atoms with Crippen LogP contribution < -0.4 is 5.11 Å². The van der Waals surface area contributed by atoms with Crippen LogP contribution in [0.2, 0.25) is 0 Å². The highest BCUT2D eigenvalue weighted by Gasteiger charge is 2.28. The molecule has 0 saturated carbocycles. The molecule has 0 spiro atoms. The molecule has 0 aliphatic carbocycles. The predicted molar refractivity (Wildman–Crippen MR) is 110 cm³/mol. The SMILES string of the molecule is CCCCCCCCCCC(O)C[N+](CCO)(CCO)CCCC.O=C([O-])O. The number of rotatable bonds is 18. The molecule has 170 valence electrons. The fourth-order valence-corrected chi connectivity index (χ4v) is 3.58. The molecule has 7 heteroatoms. The Labute approximate surface area is 171 Å². The Hall–Kier alpha value is -0.890. The number of aliphatic hydroxyl groups is 3. The van der Waals surface area contributed by atoms with Gasteiger partial charge in [0.15, 0.2) is 0 Å². The van der Waals surface area contributed by atoms with E-state index in [1.165, 1.54) is 44.9 Å². The highest BCUT2D eigenvalue weighted by atomic mass is 16.6. The van der Waals surface area contributed by atoms with Crippen molar-refractivity contribution >= 4 is 6.16 Å². The van der Waals surface area contributed by atoms with Gasteiger partial charge in [0.25, 0.3) is 0 Å². The second-order valence-electron chi connectivity index (χ2n) is 7.68. The molecule has 0 aromatic rings. The first kappa shape index (κ1) is 29.3. The number of carbonyl (C=O) groups is 1. The zero-order valence-electron chi connectivity index (χ0n) is 18.2. The van der Waals surface area contributed by atoms with Gasteiger partial charge in [-0.3, -0.25) is 0 Å². The van der Waals surface area contributed by atoms with Gasteiger partial charge in [0.05, 0.1) is 19.8 Å². The van der Waals surface area contributed by atoms with Crippen molar-refractivity contribution in [3.8, 4) is 0 Å². The number of carboxylic acid groups (broad SMARTS) is 2. The van der Waals surface area contributed by atoms with Crippen molar-refractivity contribution in [2.75, 3.05) is 39.4 Å². The normalized spacial score (nSPS) is 12.3. The average Bonchev–Trinajstić information content (AvgIpc) is 2.62. The van der Waals surface area contributed by atoms with E-state index in [-0.39, 0.29) is 19.3 Å². The minimum atomic E-state index is -2.08. The summed E-state index contributed by atoms with van der Waals surface area (Å²) in [6, 6.07) is 0. The molecule has 0 radical (unpaired) electrons. The molecule has 28 heavy (non-hydrogen) atoms. The van der Waals surface area contributed by atoms with Crippen molar-refractivity contribution < 1.29 is 34.8 Å². The Morgan fingerprint density at radius 2 is 1.25 bits per heavy atom. The van der Waals surface area contributed by atoms with E-state index in [4.69, 9.17) is 15.0 Å². The molecule has 0 aromatic heterocycles. The van der Waals surface area contributed by atoms with Gasteiger partial charge in [-0.25, -0.2) is 0 Å². The van der Waals surface area contributed by atoms with Crippen LogP contribution in [0.15, 0.2) is 0 Å². The molecule has 0 amide bonds. The van der Waals surface area contributed by atoms with Crippen LogP contribution in [0.3, 0.4) is 0 Å². The largest absolute Gasteiger partial charge is 0.565 e. The van der Waals surface area contributed by atoms with E-state index in [0.29, 0.717) is 24.1 Å². The van der Waals surface area contributed by atoms with Crippen LogP contribution in [0.5, 0.6) is 0 Å². The third-order valence-electron chi connectivity index (χ3n) is 5.12. The molecule has 0 saturated heterocycles. The predicted octanol–water partition coefficient (Wildman–Crippen LogP) is 2.37. The summed E-state index contributed by atoms with van der Waals surface area (Å²) in [5, 5.41) is 44.5. The molecular formula is C21H45NO6. The maximum atomic E-state index is 10.4. The zero-order valence-corrected chi connectivity index (χ0v) is 18.2. The van der Waals surface area contributed by atoms with Crippen molar-refractivity contribution in [2.45, 2.75) is 90.6 Å². The first-order valence-electron chi connectivity index (χ1n) is 11.0. The third-order valence-corrected chi connectivity index (χ3v) is 5.12. The van der Waals surface area contributed by atoms with Gasteiger partial charge in [0, 0.05) is 0 Å². The number of quaternary nitrogens is 1. The van der Waals surface area contributed by atoms with Gasteiger partial charge in [0.2, 0.25) is 6.16 Å². The molecule has 0 fully saturated rings. The summed E-state index contributed by atoms with van der Waals surface area (Å²) in [5.41, 5.74) is 0. The molecule has 0 aromatic carbocycles. The molecule has 7 nitrogen and oxygen atoms in total. The first-order chi connectivity index (χ1) is 13.4. The van der Waals surface area contributed by atoms with Gasteiger partial charge >= 0.3 is 0 Å². The van der Waals surface area contributed by atoms with Crippen LogP contribution in [-0.2, 0) is 0 Å². The Morgan fingerprint density at radius 1 is 0.821 bits per heavy atom. The van der Waals surface area contributed by atoms with Crippen molar-refractivity contribution in [1.82, 2.24) is 0 Å². The molecule has 4 N–H and O–H groups in total. The minimum Gasteiger partial charge on any atom is -0.565 e. The van der Waals surface area contributed by atoms with Crippen LogP contribution in [0.25, 0.3) is 0 Å². The van der Waals surface area contributed by atoms with Crippen LogP contribution in [0.1, 0.15) is 84.5 Å². The number of aliphatic hydroxyl groups excluding tert-OH is 3. The Morgan fingerprint density at radius 3 is 1.68 bits per heavy atom. The summed E-state index contributed by atoms with van der Waals surface area (Å²) in [7, 11) is 0. The summed E-state index contributed by atoms with van der Waals surface area (Å²) in [5.74, 6) is 0. The van der Waals surface area contributed by atoms with Crippen LogP contribution >= 0.6 is 0 Å². The number of hydrogen-bond acceptors (Lipinski definition) is 5. The van der Waals surface area contributed by atoms with Gasteiger partial charge in [-0.15, -0.1) is 0 Å². The Balaban J connectivity index is 0. The average molecular weight is 408 g/mol. The van der Waals surface area contributed by atoms with Gasteiger partial charge in [-0.2, -0.15) is 0 Å². The lowest BCUT2D eigenvalue weighted by Gasteiger charge is -2.39. The van der Waals surface area contributed by atoms with Crippen molar-refractivity contribution in [1.29, 1.82) is 0 Å². The van der Waals surface area contributed by atoms with Crippen LogP contribution in [-0.4, -0.2) is 76.6 Å². The van der Waals surface area contributed by atoms with Crippen LogP contribution in [0.4, 0.5) is 4.79 Å². The standard InChI is InChI=1S/C20H44NO3.CH2O3/c1-3-5-7-8-9-10-11-12-13-20(24)19-21(15-17-22,16-18-23)14-6-4-2;2-1(3)4/h20,22-24H,3-19H2,1-2H3;(H2,2,3,4)/q+1;/p-1. The van der Waals surface area contributed by atoms with E-state index < -0.39 is 6.16 Å². The Kier molecular flexibility index (Phi) is 21.8. The highest BCUT2D eigenvalue weighted by Crippen LogP contribution is 2.15. The molecule has 0 aliphatic rings. The Bertz CT molecular complexity index is 331. The maximum Gasteiger partial charge on any atom is 0.249 e. The summed E-state index contributed by atoms with van der Waals surface area (Å²) >= 11 is 0. The number of unbranched alkanes of at least 4 members (excludes halogenated alkanes) is 8. The van der Waals surface area contributed by atoms with Gasteiger partial charge < -0.3 is 34.8 Å². The zero-order chi connectivity index (χ0) is 21.7. The molecule has 0 bridgehead atoms. The fourth-order valence-electron chi connectivity index (χ4n) is 3.58. The molecule has 0 heterocycles. The number of nitrogens with zero attached hydrogens (tertiary/aromatic N) is 1. The van der Waals surface area contributed by atoms with Gasteiger partial charge in [0.1, 0.15) is 25.7 Å². The van der Waals surface area contributed by atoms with Gasteiger partial charge in [-0.1, -0.05) is 71.6 Å². The summed E-state index contributed by atoms with van der Waals surface area (Å²) in [6.07, 6.45) is 10.9. The van der Waals surface area contributed by atoms with Crippen molar-refractivity contribution in [3.05, 3.63) is 0 Å². The highest BCUT2D eigenvalue weighted by molar-refractivity contribution is 5.50. The second kappa shape index (κ2) is 20.8. The third kappa shape index (κ3) is 19.9. The summed E-state index contributed by atoms with van der Waals surface area (Å²) in [4.78, 5) is 8.44. The van der Waals surface area contributed by atoms with E-state index in [0.717, 1.165) is 32.2 Å². The molecular weight excluding hydrogens is 362 g/mol. The van der Waals surface area contributed by atoms with E-state index in [9.17, 15) is 15.3 Å². The molecule has 1 unspecified atom stereocenters. The lowest BCUT2D eigenvalue weighted by atomic mass is 10.0. The topological polar surface area (TPSA) is 121 Å². The maximum absolute atomic E-state index is 10.4. The monoisotopic (exact) mass is 407 g/mol. The van der Waals surface area contributed by atoms with Crippen molar-refractivity contribution in [2.24, 2.45) is 0 Å². The van der Waals surface area contributed by atoms with Crippen LogP contribution in [0, 0.1) is 0 Å². The van der Waals surface area contributed by atoms with E-state index in [1.807, 2.05) is 0 Å². The smallest absolute Gasteiger partial charge is 0.249 e. The van der Waals surface area contributed by atoms with E-state index in [1.54, 1.807) is 0 Å². The molecule has 0 rings (SSSR count). The first-order valence-corrected chi connectivity index (χ1v) is 11.0. The summed E-state index contributed by atoms with van der Waals surface area (Å²) < 4.78 is 0.652. The van der Waals surface area contributed by atoms with Gasteiger partial charge in [-0.05, 0) is 12.8 Å².